The molecule has 29 heavy (non-hydrogen) atoms. The molecule has 162 valence electrons. The summed E-state index contributed by atoms with van der Waals surface area (Å²) >= 11 is 0. The van der Waals surface area contributed by atoms with Gasteiger partial charge in [-0.05, 0) is 36.8 Å². The molecule has 1 aromatic carbocycles. The molecule has 3 rings (SSSR count). The van der Waals surface area contributed by atoms with Gasteiger partial charge in [-0.3, -0.25) is 4.90 Å². The smallest absolute Gasteiger partial charge is 0.426 e. The summed E-state index contributed by atoms with van der Waals surface area (Å²) in [5.74, 6) is 0. The second-order valence-corrected chi connectivity index (χ2v) is 7.78. The van der Waals surface area contributed by atoms with Crippen LogP contribution in [0, 0.1) is 5.41 Å². The molecular formula is C19H22F6N2O2. The monoisotopic (exact) mass is 424 g/mol. The van der Waals surface area contributed by atoms with Crippen LogP contribution in [0.15, 0.2) is 30.3 Å². The molecule has 1 amide bonds. The quantitative estimate of drug-likeness (QED) is 0.665. The van der Waals surface area contributed by atoms with Crippen LogP contribution in [0.25, 0.3) is 0 Å². The number of hydrogen-bond acceptors (Lipinski definition) is 3. The van der Waals surface area contributed by atoms with Crippen LogP contribution in [0.2, 0.25) is 0 Å². The molecule has 1 spiro atoms. The summed E-state index contributed by atoms with van der Waals surface area (Å²) in [7, 11) is 0. The highest BCUT2D eigenvalue weighted by atomic mass is 19.4. The third-order valence-corrected chi connectivity index (χ3v) is 5.66. The summed E-state index contributed by atoms with van der Waals surface area (Å²) in [5.41, 5.74) is 1.11. The molecule has 4 nitrogen and oxygen atoms in total. The molecule has 0 aromatic heterocycles. The Hall–Kier alpha value is -1.97. The van der Waals surface area contributed by atoms with Crippen LogP contribution in [-0.2, 0) is 11.3 Å². The Morgan fingerprint density at radius 2 is 1.52 bits per heavy atom. The van der Waals surface area contributed by atoms with Gasteiger partial charge >= 0.3 is 18.4 Å². The Morgan fingerprint density at radius 3 is 2.07 bits per heavy atom. The SMILES string of the molecule is O=C(OC(C(F)(F)F)C(F)(F)F)N1CCC2(CCN(Cc3ccccc3)C2)CC1. The van der Waals surface area contributed by atoms with Gasteiger partial charge < -0.3 is 9.64 Å². The van der Waals surface area contributed by atoms with Gasteiger partial charge in [0.2, 0.25) is 0 Å². The Morgan fingerprint density at radius 1 is 0.966 bits per heavy atom. The molecule has 2 saturated heterocycles. The summed E-state index contributed by atoms with van der Waals surface area (Å²) in [5, 5.41) is 0. The Balaban J connectivity index is 1.53. The zero-order chi connectivity index (χ0) is 21.3. The lowest BCUT2D eigenvalue weighted by molar-refractivity contribution is -0.308. The Labute approximate surface area is 164 Å². The van der Waals surface area contributed by atoms with E-state index in [0.717, 1.165) is 31.0 Å². The number of benzene rings is 1. The fourth-order valence-electron chi connectivity index (χ4n) is 4.07. The molecular weight excluding hydrogens is 402 g/mol. The molecule has 0 unspecified atom stereocenters. The number of ether oxygens (including phenoxy) is 1. The van der Waals surface area contributed by atoms with E-state index >= 15 is 0 Å². The van der Waals surface area contributed by atoms with Gasteiger partial charge in [-0.25, -0.2) is 4.79 Å². The van der Waals surface area contributed by atoms with Gasteiger partial charge in [0.1, 0.15) is 0 Å². The van der Waals surface area contributed by atoms with Gasteiger partial charge in [0.25, 0.3) is 6.10 Å². The zero-order valence-corrected chi connectivity index (χ0v) is 15.6. The highest BCUT2D eigenvalue weighted by Gasteiger charge is 2.60. The van der Waals surface area contributed by atoms with Crippen LogP contribution in [-0.4, -0.2) is 60.5 Å². The predicted molar refractivity (Wildman–Crippen MR) is 92.0 cm³/mol. The van der Waals surface area contributed by atoms with Crippen LogP contribution < -0.4 is 0 Å². The van der Waals surface area contributed by atoms with Crippen molar-refractivity contribution in [3.05, 3.63) is 35.9 Å². The van der Waals surface area contributed by atoms with Crippen molar-refractivity contribution in [1.29, 1.82) is 0 Å². The molecule has 2 heterocycles. The molecule has 0 bridgehead atoms. The van der Waals surface area contributed by atoms with Crippen molar-refractivity contribution in [2.24, 2.45) is 5.41 Å². The van der Waals surface area contributed by atoms with Crippen molar-refractivity contribution in [2.45, 2.75) is 44.3 Å². The lowest BCUT2D eigenvalue weighted by Crippen LogP contribution is -2.50. The van der Waals surface area contributed by atoms with Gasteiger partial charge in [-0.2, -0.15) is 26.3 Å². The van der Waals surface area contributed by atoms with Gasteiger partial charge in [-0.15, -0.1) is 0 Å². The van der Waals surface area contributed by atoms with E-state index in [-0.39, 0.29) is 18.5 Å². The average molecular weight is 424 g/mol. The zero-order valence-electron chi connectivity index (χ0n) is 15.6. The first-order valence-electron chi connectivity index (χ1n) is 9.34. The minimum Gasteiger partial charge on any atom is -0.426 e. The lowest BCUT2D eigenvalue weighted by Gasteiger charge is -2.39. The normalized spacial score (nSPS) is 20.4. The predicted octanol–water partition coefficient (Wildman–Crippen LogP) is 4.60. The maximum absolute atomic E-state index is 12.6. The van der Waals surface area contributed by atoms with E-state index in [1.807, 2.05) is 30.3 Å². The first-order chi connectivity index (χ1) is 13.5. The Bertz CT molecular complexity index is 685. The molecule has 10 heteroatoms. The number of carbonyl (C=O) groups excluding carboxylic acids is 1. The molecule has 0 N–H and O–H groups in total. The lowest BCUT2D eigenvalue weighted by atomic mass is 9.78. The number of carbonyl (C=O) groups is 1. The van der Waals surface area contributed by atoms with Gasteiger partial charge in [0, 0.05) is 26.2 Å². The van der Waals surface area contributed by atoms with Gasteiger partial charge in [0.05, 0.1) is 0 Å². The highest BCUT2D eigenvalue weighted by Crippen LogP contribution is 2.41. The summed E-state index contributed by atoms with van der Waals surface area (Å²) in [4.78, 5) is 15.1. The van der Waals surface area contributed by atoms with Crippen molar-refractivity contribution < 1.29 is 35.9 Å². The minimum absolute atomic E-state index is 0.0704. The number of likely N-dealkylation sites (tertiary alicyclic amines) is 2. The minimum atomic E-state index is -5.70. The second kappa shape index (κ2) is 8.04. The molecule has 0 aliphatic carbocycles. The van der Waals surface area contributed by atoms with E-state index < -0.39 is 24.5 Å². The number of piperidine rings is 1. The standard InChI is InChI=1S/C19H22F6N2O2/c20-18(21,22)15(19(23,24)25)29-16(28)27-10-7-17(8-11-27)6-9-26(13-17)12-14-4-2-1-3-5-14/h1-5,15H,6-13H2. The van der Waals surface area contributed by atoms with Crippen LogP contribution in [0.5, 0.6) is 0 Å². The summed E-state index contributed by atoms with van der Waals surface area (Å²) in [6, 6.07) is 9.91. The highest BCUT2D eigenvalue weighted by molar-refractivity contribution is 5.68. The van der Waals surface area contributed by atoms with Crippen molar-refractivity contribution in [3.63, 3.8) is 0 Å². The van der Waals surface area contributed by atoms with E-state index in [9.17, 15) is 31.1 Å². The number of alkyl halides is 6. The van der Waals surface area contributed by atoms with Crippen molar-refractivity contribution in [1.82, 2.24) is 9.80 Å². The average Bonchev–Trinajstić information content (AvgIpc) is 3.01. The maximum atomic E-state index is 12.6. The van der Waals surface area contributed by atoms with Crippen molar-refractivity contribution in [3.8, 4) is 0 Å². The van der Waals surface area contributed by atoms with Gasteiger partial charge in [0.15, 0.2) is 0 Å². The Kier molecular flexibility index (Phi) is 6.03. The van der Waals surface area contributed by atoms with Crippen LogP contribution in [0.4, 0.5) is 31.1 Å². The fourth-order valence-corrected chi connectivity index (χ4v) is 4.07. The largest absolute Gasteiger partial charge is 0.434 e. The fraction of sp³-hybridized carbons (Fsp3) is 0.632. The first-order valence-corrected chi connectivity index (χ1v) is 9.34. The molecule has 1 aromatic rings. The molecule has 2 aliphatic heterocycles. The van der Waals surface area contributed by atoms with Crippen molar-refractivity contribution in [2.75, 3.05) is 26.2 Å². The number of halogens is 6. The van der Waals surface area contributed by atoms with Gasteiger partial charge in [-0.1, -0.05) is 30.3 Å². The van der Waals surface area contributed by atoms with E-state index in [2.05, 4.69) is 9.64 Å². The van der Waals surface area contributed by atoms with Crippen LogP contribution in [0.3, 0.4) is 0 Å². The number of hydrogen-bond donors (Lipinski definition) is 0. The maximum Gasteiger partial charge on any atom is 0.434 e. The number of rotatable bonds is 3. The summed E-state index contributed by atoms with van der Waals surface area (Å²) in [6.45, 7) is 2.61. The molecule has 0 atom stereocenters. The van der Waals surface area contributed by atoms with E-state index in [1.54, 1.807) is 0 Å². The molecule has 0 radical (unpaired) electrons. The van der Waals surface area contributed by atoms with E-state index in [4.69, 9.17) is 0 Å². The number of amides is 1. The third-order valence-electron chi connectivity index (χ3n) is 5.66. The van der Waals surface area contributed by atoms with Crippen molar-refractivity contribution >= 4 is 6.09 Å². The molecule has 2 fully saturated rings. The molecule has 2 aliphatic rings. The second-order valence-electron chi connectivity index (χ2n) is 7.78. The third kappa shape index (κ3) is 5.34. The number of nitrogens with zero attached hydrogens (tertiary/aromatic N) is 2. The first kappa shape index (κ1) is 21.7. The van der Waals surface area contributed by atoms with Crippen LogP contribution in [0.1, 0.15) is 24.8 Å². The summed E-state index contributed by atoms with van der Waals surface area (Å²) < 4.78 is 79.3. The topological polar surface area (TPSA) is 32.8 Å². The van der Waals surface area contributed by atoms with Crippen LogP contribution >= 0.6 is 0 Å². The van der Waals surface area contributed by atoms with E-state index in [1.165, 1.54) is 5.56 Å². The van der Waals surface area contributed by atoms with E-state index in [0.29, 0.717) is 12.8 Å². The summed E-state index contributed by atoms with van der Waals surface area (Å²) in [6.07, 6.45) is -15.1. The molecule has 0 saturated carbocycles.